The molecule has 0 atom stereocenters. The molecule has 2 heterocycles. The van der Waals surface area contributed by atoms with Crippen molar-refractivity contribution in [3.05, 3.63) is 212 Å². The molecular weight excluding hydrogens is 679 g/mol. The minimum atomic E-state index is 0.683. The molecule has 0 radical (unpaired) electrons. The third-order valence-electron chi connectivity index (χ3n) is 10.5. The van der Waals surface area contributed by atoms with E-state index in [1.54, 1.807) is 0 Å². The molecule has 2 aromatic heterocycles. The number of fused-ring (bicyclic) bond motifs is 3. The van der Waals surface area contributed by atoms with Gasteiger partial charge in [0, 0.05) is 33.7 Å². The molecule has 3 heteroatoms. The lowest BCUT2D eigenvalue weighted by molar-refractivity contribution is 1.23. The van der Waals surface area contributed by atoms with Gasteiger partial charge < -0.3 is 0 Å². The van der Waals surface area contributed by atoms with E-state index in [4.69, 9.17) is 9.97 Å². The van der Waals surface area contributed by atoms with Crippen molar-refractivity contribution < 1.29 is 0 Å². The Hall–Kier alpha value is -7.49. The van der Waals surface area contributed by atoms with Crippen LogP contribution in [0.2, 0.25) is 0 Å². The molecule has 8 aromatic carbocycles. The minimum Gasteiger partial charge on any atom is -0.256 e. The molecule has 262 valence electrons. The van der Waals surface area contributed by atoms with Crippen molar-refractivity contribution in [3.63, 3.8) is 0 Å². The van der Waals surface area contributed by atoms with E-state index in [2.05, 4.69) is 193 Å². The highest BCUT2D eigenvalue weighted by molar-refractivity contribution is 6.10. The zero-order valence-electron chi connectivity index (χ0n) is 30.5. The Kier molecular flexibility index (Phi) is 8.51. The number of hydrogen-bond acceptors (Lipinski definition) is 3. The van der Waals surface area contributed by atoms with Gasteiger partial charge in [-0.05, 0) is 92.4 Å². The van der Waals surface area contributed by atoms with Crippen molar-refractivity contribution in [2.24, 2.45) is 0 Å². The summed E-state index contributed by atoms with van der Waals surface area (Å²) in [6.45, 7) is 0. The molecule has 0 aliphatic carbocycles. The third-order valence-corrected chi connectivity index (χ3v) is 10.5. The Morgan fingerprint density at radius 1 is 0.286 bits per heavy atom. The van der Waals surface area contributed by atoms with Crippen LogP contribution in [0.3, 0.4) is 0 Å². The van der Waals surface area contributed by atoms with Crippen molar-refractivity contribution in [1.82, 2.24) is 15.0 Å². The number of hydrogen-bond donors (Lipinski definition) is 0. The van der Waals surface area contributed by atoms with E-state index in [-0.39, 0.29) is 0 Å². The summed E-state index contributed by atoms with van der Waals surface area (Å²) in [4.78, 5) is 15.4. The summed E-state index contributed by atoms with van der Waals surface area (Å²) >= 11 is 0. The summed E-state index contributed by atoms with van der Waals surface area (Å²) in [7, 11) is 0. The van der Waals surface area contributed by atoms with Gasteiger partial charge in [-0.25, -0.2) is 9.97 Å². The van der Waals surface area contributed by atoms with Gasteiger partial charge in [0.25, 0.3) is 0 Å². The average molecular weight is 714 g/mol. The number of pyridine rings is 1. The minimum absolute atomic E-state index is 0.683. The van der Waals surface area contributed by atoms with Gasteiger partial charge in [-0.1, -0.05) is 164 Å². The first-order chi connectivity index (χ1) is 27.7. The largest absolute Gasteiger partial charge is 0.256 e. The van der Waals surface area contributed by atoms with Crippen LogP contribution in [-0.4, -0.2) is 15.0 Å². The topological polar surface area (TPSA) is 38.7 Å². The van der Waals surface area contributed by atoms with E-state index < -0.39 is 0 Å². The maximum Gasteiger partial charge on any atom is 0.160 e. The van der Waals surface area contributed by atoms with Crippen LogP contribution < -0.4 is 0 Å². The Labute approximate surface area is 326 Å². The SMILES string of the molecule is c1ccc(-c2ccc(-c3cc(-c4ccc(-c5ccccn5)cc4)cc(-c4nc(-c5cccc(-c6ccccc6)c5)c5ccc6ccccc6c5n4)c3)cc2)cc1. The summed E-state index contributed by atoms with van der Waals surface area (Å²) in [6.07, 6.45) is 1.83. The van der Waals surface area contributed by atoms with Crippen LogP contribution in [0.25, 0.3) is 100 Å². The lowest BCUT2D eigenvalue weighted by atomic mass is 9.93. The van der Waals surface area contributed by atoms with Crippen molar-refractivity contribution in [1.29, 1.82) is 0 Å². The Morgan fingerprint density at radius 2 is 0.804 bits per heavy atom. The fourth-order valence-corrected chi connectivity index (χ4v) is 7.63. The van der Waals surface area contributed by atoms with Crippen LogP contribution in [-0.2, 0) is 0 Å². The first-order valence-electron chi connectivity index (χ1n) is 18.9. The van der Waals surface area contributed by atoms with Crippen molar-refractivity contribution in [2.75, 3.05) is 0 Å². The van der Waals surface area contributed by atoms with E-state index in [1.807, 2.05) is 24.4 Å². The number of benzene rings is 8. The van der Waals surface area contributed by atoms with Gasteiger partial charge in [0.15, 0.2) is 5.82 Å². The lowest BCUT2D eigenvalue weighted by Crippen LogP contribution is -1.97. The van der Waals surface area contributed by atoms with Gasteiger partial charge >= 0.3 is 0 Å². The molecule has 56 heavy (non-hydrogen) atoms. The van der Waals surface area contributed by atoms with Gasteiger partial charge in [0.2, 0.25) is 0 Å². The maximum absolute atomic E-state index is 5.44. The first kappa shape index (κ1) is 33.1. The molecule has 0 bridgehead atoms. The molecule has 0 saturated heterocycles. The van der Waals surface area contributed by atoms with Crippen LogP contribution in [0.15, 0.2) is 212 Å². The molecule has 0 saturated carbocycles. The first-order valence-corrected chi connectivity index (χ1v) is 18.9. The van der Waals surface area contributed by atoms with E-state index in [9.17, 15) is 0 Å². The number of rotatable bonds is 7. The number of aromatic nitrogens is 3. The molecule has 0 N–H and O–H groups in total. The molecule has 3 nitrogen and oxygen atoms in total. The molecule has 0 aliphatic rings. The Balaban J connectivity index is 1.17. The van der Waals surface area contributed by atoms with Gasteiger partial charge in [-0.2, -0.15) is 0 Å². The highest BCUT2D eigenvalue weighted by atomic mass is 14.9. The summed E-state index contributed by atoms with van der Waals surface area (Å²) in [5, 5.41) is 3.28. The average Bonchev–Trinajstić information content (AvgIpc) is 3.29. The van der Waals surface area contributed by atoms with Gasteiger partial charge in [-0.3, -0.25) is 4.98 Å². The van der Waals surface area contributed by atoms with Crippen LogP contribution in [0.4, 0.5) is 0 Å². The molecule has 0 aliphatic heterocycles. The smallest absolute Gasteiger partial charge is 0.160 e. The third kappa shape index (κ3) is 6.42. The molecule has 0 amide bonds. The molecule has 0 spiro atoms. The zero-order valence-corrected chi connectivity index (χ0v) is 30.5. The van der Waals surface area contributed by atoms with Crippen LogP contribution in [0.1, 0.15) is 0 Å². The molecule has 10 rings (SSSR count). The summed E-state index contributed by atoms with van der Waals surface area (Å²) < 4.78 is 0. The number of nitrogens with zero attached hydrogens (tertiary/aromatic N) is 3. The fraction of sp³-hybridized carbons (Fsp3) is 0. The second-order valence-corrected chi connectivity index (χ2v) is 14.1. The van der Waals surface area contributed by atoms with Gasteiger partial charge in [0.1, 0.15) is 0 Å². The summed E-state index contributed by atoms with van der Waals surface area (Å²) in [5.74, 6) is 0.683. The predicted octanol–water partition coefficient (Wildman–Crippen LogP) is 13.8. The van der Waals surface area contributed by atoms with E-state index >= 15 is 0 Å². The standard InChI is InChI=1S/C53H35N3/c1-3-12-36(13-4-1)38-21-23-39(24-22-38)45-33-46(40-25-27-42(28-26-40)50-20-9-10-31-54-50)35-47(34-45)53-55-51(44-18-11-17-43(32-44)37-14-5-2-6-15-37)49-30-29-41-16-7-8-19-48(41)52(49)56-53/h1-35H. The highest BCUT2D eigenvalue weighted by Crippen LogP contribution is 2.38. The van der Waals surface area contributed by atoms with E-state index in [0.717, 1.165) is 77.6 Å². The van der Waals surface area contributed by atoms with Gasteiger partial charge in [-0.15, -0.1) is 0 Å². The zero-order chi connectivity index (χ0) is 37.3. The predicted molar refractivity (Wildman–Crippen MR) is 233 cm³/mol. The van der Waals surface area contributed by atoms with Crippen molar-refractivity contribution >= 4 is 21.7 Å². The normalized spacial score (nSPS) is 11.2. The quantitative estimate of drug-likeness (QED) is 0.154. The van der Waals surface area contributed by atoms with Gasteiger partial charge in [0.05, 0.1) is 16.9 Å². The molecule has 10 aromatic rings. The second-order valence-electron chi connectivity index (χ2n) is 14.1. The van der Waals surface area contributed by atoms with E-state index in [0.29, 0.717) is 5.82 Å². The summed E-state index contributed by atoms with van der Waals surface area (Å²) in [5.41, 5.74) is 15.0. The molecule has 0 fully saturated rings. The Bertz CT molecular complexity index is 2870. The lowest BCUT2D eigenvalue weighted by Gasteiger charge is -2.15. The van der Waals surface area contributed by atoms with Crippen LogP contribution in [0.5, 0.6) is 0 Å². The monoisotopic (exact) mass is 713 g/mol. The van der Waals surface area contributed by atoms with Crippen LogP contribution in [0, 0.1) is 0 Å². The van der Waals surface area contributed by atoms with Crippen molar-refractivity contribution in [2.45, 2.75) is 0 Å². The molecule has 0 unspecified atom stereocenters. The fourth-order valence-electron chi connectivity index (χ4n) is 7.63. The Morgan fingerprint density at radius 3 is 1.48 bits per heavy atom. The van der Waals surface area contributed by atoms with Crippen LogP contribution >= 0.6 is 0 Å². The molecular formula is C53H35N3. The maximum atomic E-state index is 5.44. The second kappa shape index (κ2) is 14.4. The van der Waals surface area contributed by atoms with E-state index in [1.165, 1.54) is 16.7 Å². The van der Waals surface area contributed by atoms with Crippen molar-refractivity contribution in [3.8, 4) is 78.4 Å². The summed E-state index contributed by atoms with van der Waals surface area (Å²) in [6, 6.07) is 72.8. The highest BCUT2D eigenvalue weighted by Gasteiger charge is 2.17.